The highest BCUT2D eigenvalue weighted by atomic mass is 79.9. The number of nitrogens with one attached hydrogen (secondary N) is 1. The number of ether oxygens (including phenoxy) is 1. The van der Waals surface area contributed by atoms with Gasteiger partial charge in [-0.25, -0.2) is 9.36 Å². The van der Waals surface area contributed by atoms with Crippen LogP contribution in [0.15, 0.2) is 26.3 Å². The van der Waals surface area contributed by atoms with E-state index in [1.807, 2.05) is 0 Å². The molecule has 2 rings (SSSR count). The third kappa shape index (κ3) is 5.70. The maximum absolute atomic E-state index is 12.4. The Morgan fingerprint density at radius 1 is 1.06 bits per heavy atom. The minimum Gasteiger partial charge on any atom is -0.469 e. The zero-order valence-electron chi connectivity index (χ0n) is 20.4. The molecule has 176 valence electrons. The second kappa shape index (κ2) is 8.77. The fourth-order valence-electron chi connectivity index (χ4n) is 2.55. The predicted octanol–water partition coefficient (Wildman–Crippen LogP) is 4.87. The lowest BCUT2D eigenvalue weighted by molar-refractivity contribution is 0.0333. The molecule has 1 aromatic heterocycles. The van der Waals surface area contributed by atoms with Crippen molar-refractivity contribution in [3.05, 3.63) is 37.6 Å². The van der Waals surface area contributed by atoms with Crippen LogP contribution in [0.2, 0.25) is 36.3 Å². The number of nitrogens with zero attached hydrogens (tertiary/aromatic N) is 1. The average Bonchev–Trinajstić information content (AvgIpc) is 2.87. The van der Waals surface area contributed by atoms with E-state index in [0.717, 1.165) is 0 Å². The summed E-state index contributed by atoms with van der Waals surface area (Å²) in [4.78, 5) is 26.2. The van der Waals surface area contributed by atoms with Gasteiger partial charge in [0.15, 0.2) is 22.7 Å². The zero-order valence-corrected chi connectivity index (χ0v) is 24.0. The lowest BCUT2D eigenvalue weighted by Gasteiger charge is -2.40. The zero-order chi connectivity index (χ0) is 24.0. The van der Waals surface area contributed by atoms with Crippen LogP contribution in [0.25, 0.3) is 5.88 Å². The molecule has 0 amide bonds. The quantitative estimate of drug-likeness (QED) is 0.528. The maximum Gasteiger partial charge on any atom is 0.335 e. The summed E-state index contributed by atoms with van der Waals surface area (Å²) in [6.45, 7) is 22.2. The minimum atomic E-state index is -2.15. The molecule has 0 radical (unpaired) electrons. The first-order valence-electron chi connectivity index (χ1n) is 10.6. The first-order chi connectivity index (χ1) is 13.9. The van der Waals surface area contributed by atoms with Crippen molar-refractivity contribution in [2.75, 3.05) is 6.61 Å². The molecule has 0 saturated carbocycles. The Balaban J connectivity index is 2.43. The fourth-order valence-corrected chi connectivity index (χ4v) is 5.66. The van der Waals surface area contributed by atoms with Crippen molar-refractivity contribution < 1.29 is 13.6 Å². The van der Waals surface area contributed by atoms with Gasteiger partial charge in [-0.15, -0.1) is 0 Å². The smallest absolute Gasteiger partial charge is 0.335 e. The van der Waals surface area contributed by atoms with E-state index >= 15 is 0 Å². The molecule has 2 heterocycles. The van der Waals surface area contributed by atoms with E-state index in [-0.39, 0.29) is 10.1 Å². The van der Waals surface area contributed by atoms with E-state index < -0.39 is 40.1 Å². The van der Waals surface area contributed by atoms with Crippen LogP contribution in [0, 0.1) is 0 Å². The number of hydrogen-bond acceptors (Lipinski definition) is 5. The second-order valence-corrected chi connectivity index (χ2v) is 21.6. The summed E-state index contributed by atoms with van der Waals surface area (Å²) in [5.74, 6) is 0.328. The molecule has 0 aliphatic carbocycles. The summed E-state index contributed by atoms with van der Waals surface area (Å²) < 4.78 is 21.3. The van der Waals surface area contributed by atoms with Crippen LogP contribution in [0.1, 0.15) is 41.5 Å². The summed E-state index contributed by atoms with van der Waals surface area (Å²) in [6, 6.07) is 1.29. The molecule has 0 aromatic carbocycles. The number of halogens is 1. The second-order valence-electron chi connectivity index (χ2n) is 11.2. The number of rotatable bonds is 6. The summed E-state index contributed by atoms with van der Waals surface area (Å²) in [6.07, 6.45) is 0.601. The van der Waals surface area contributed by atoms with Crippen molar-refractivity contribution in [2.24, 2.45) is 0 Å². The van der Waals surface area contributed by atoms with Crippen LogP contribution < -0.4 is 11.2 Å². The molecule has 1 aliphatic rings. The van der Waals surface area contributed by atoms with Crippen LogP contribution in [0.3, 0.4) is 0 Å². The fraction of sp³-hybridized carbons (Fsp3) is 0.714. The van der Waals surface area contributed by atoms with Gasteiger partial charge in [0.2, 0.25) is 5.88 Å². The number of hydrogen-bond donors (Lipinski definition) is 1. The summed E-state index contributed by atoms with van der Waals surface area (Å²) in [5.41, 5.74) is -1.01. The van der Waals surface area contributed by atoms with Gasteiger partial charge in [-0.1, -0.05) is 41.5 Å². The van der Waals surface area contributed by atoms with E-state index in [2.05, 4.69) is 88.6 Å². The lowest BCUT2D eigenvalue weighted by atomic mass is 10.2. The standard InChI is InChI=1S/C21H37BrN2O5Si2/c1-20(2,3)30(7,8)27-13-14-17(29-31(9,10)21(4,5)6)16(22)18(28-14)24-12-11-15(25)23-19(24)26/h11-12,14,17H,13H2,1-10H3,(H,23,25,26)/t14-,17-/m1/s1. The highest BCUT2D eigenvalue weighted by Gasteiger charge is 2.47. The molecule has 0 spiro atoms. The van der Waals surface area contributed by atoms with Crippen LogP contribution >= 0.6 is 15.9 Å². The highest BCUT2D eigenvalue weighted by Crippen LogP contribution is 2.43. The average molecular weight is 534 g/mol. The van der Waals surface area contributed by atoms with Crippen LogP contribution in [0.4, 0.5) is 0 Å². The van der Waals surface area contributed by atoms with E-state index in [0.29, 0.717) is 17.0 Å². The molecule has 0 saturated heterocycles. The third-order valence-corrected chi connectivity index (χ3v) is 16.5. The normalized spacial score (nSPS) is 20.9. The number of aromatic amines is 1. The Hall–Kier alpha value is -0.946. The molecule has 31 heavy (non-hydrogen) atoms. The van der Waals surface area contributed by atoms with Gasteiger partial charge in [0.25, 0.3) is 5.56 Å². The van der Waals surface area contributed by atoms with Crippen molar-refractivity contribution in [1.29, 1.82) is 0 Å². The number of H-pyrrole nitrogens is 1. The molecule has 1 N–H and O–H groups in total. The first-order valence-corrected chi connectivity index (χ1v) is 17.2. The third-order valence-electron chi connectivity index (χ3n) is 6.74. The van der Waals surface area contributed by atoms with Crippen LogP contribution in [-0.4, -0.2) is 45.0 Å². The van der Waals surface area contributed by atoms with Gasteiger partial charge in [-0.2, -0.15) is 0 Å². The van der Waals surface area contributed by atoms with Crippen LogP contribution in [-0.2, 0) is 13.6 Å². The van der Waals surface area contributed by atoms with E-state index in [9.17, 15) is 9.59 Å². The maximum atomic E-state index is 12.4. The molecule has 1 aromatic rings. The molecular weight excluding hydrogens is 496 g/mol. The lowest BCUT2D eigenvalue weighted by Crippen LogP contribution is -2.49. The van der Waals surface area contributed by atoms with E-state index in [1.54, 1.807) is 0 Å². The number of aromatic nitrogens is 2. The topological polar surface area (TPSA) is 82.5 Å². The monoisotopic (exact) mass is 532 g/mol. The predicted molar refractivity (Wildman–Crippen MR) is 134 cm³/mol. The van der Waals surface area contributed by atoms with Crippen molar-refractivity contribution in [3.63, 3.8) is 0 Å². The van der Waals surface area contributed by atoms with Gasteiger partial charge >= 0.3 is 5.69 Å². The molecule has 2 atom stereocenters. The Morgan fingerprint density at radius 2 is 1.61 bits per heavy atom. The summed E-state index contributed by atoms with van der Waals surface area (Å²) in [5, 5.41) is 0.0629. The summed E-state index contributed by atoms with van der Waals surface area (Å²) >= 11 is 3.64. The van der Waals surface area contributed by atoms with Gasteiger partial charge in [-0.3, -0.25) is 9.78 Å². The largest absolute Gasteiger partial charge is 0.469 e. The van der Waals surface area contributed by atoms with Crippen molar-refractivity contribution in [3.8, 4) is 0 Å². The molecule has 1 aliphatic heterocycles. The van der Waals surface area contributed by atoms with Gasteiger partial charge in [0.05, 0.1) is 11.1 Å². The summed E-state index contributed by atoms with van der Waals surface area (Å²) in [7, 11) is -4.16. The van der Waals surface area contributed by atoms with Crippen molar-refractivity contribution in [1.82, 2.24) is 9.55 Å². The van der Waals surface area contributed by atoms with E-state index in [4.69, 9.17) is 13.6 Å². The highest BCUT2D eigenvalue weighted by molar-refractivity contribution is 9.11. The van der Waals surface area contributed by atoms with Gasteiger partial charge < -0.3 is 13.6 Å². The van der Waals surface area contributed by atoms with Crippen molar-refractivity contribution in [2.45, 2.75) is 90.0 Å². The first kappa shape index (κ1) is 26.3. The van der Waals surface area contributed by atoms with Crippen molar-refractivity contribution >= 4 is 38.4 Å². The molecule has 10 heteroatoms. The Labute approximate surface area is 195 Å². The Bertz CT molecular complexity index is 954. The molecule has 0 fully saturated rings. The SMILES string of the molecule is CC(C)(C)[Si](C)(C)OC[C@H]1OC(n2ccc(=O)[nH]c2=O)=C(Br)[C@@H]1O[Si](C)(C)C(C)(C)C. The van der Waals surface area contributed by atoms with E-state index in [1.165, 1.54) is 16.8 Å². The molecule has 7 nitrogen and oxygen atoms in total. The molecule has 0 unspecified atom stereocenters. The molecular formula is C21H37BrN2O5Si2. The van der Waals surface area contributed by atoms with Gasteiger partial charge in [-0.05, 0) is 52.2 Å². The molecule has 0 bridgehead atoms. The van der Waals surface area contributed by atoms with Crippen LogP contribution in [0.5, 0.6) is 0 Å². The van der Waals surface area contributed by atoms with Gasteiger partial charge in [0.1, 0.15) is 6.10 Å². The minimum absolute atomic E-state index is 0.00267. The Morgan fingerprint density at radius 3 is 2.10 bits per heavy atom. The van der Waals surface area contributed by atoms with Gasteiger partial charge in [0, 0.05) is 12.3 Å². The Kier molecular flexibility index (Phi) is 7.44.